The van der Waals surface area contributed by atoms with Gasteiger partial charge in [-0.25, -0.2) is 0 Å². The molecule has 0 unspecified atom stereocenters. The fraction of sp³-hybridized carbons (Fsp3) is 0.306. The van der Waals surface area contributed by atoms with Gasteiger partial charge in [-0.05, 0) is 110 Å². The van der Waals surface area contributed by atoms with Crippen LogP contribution < -0.4 is 10.4 Å². The number of rotatable bonds is 11. The molecule has 0 amide bonds. The van der Waals surface area contributed by atoms with E-state index in [1.54, 1.807) is 0 Å². The van der Waals surface area contributed by atoms with Gasteiger partial charge in [0.1, 0.15) is 5.58 Å². The van der Waals surface area contributed by atoms with Crippen LogP contribution in [0.5, 0.6) is 0 Å². The van der Waals surface area contributed by atoms with Gasteiger partial charge in [0.15, 0.2) is 0 Å². The van der Waals surface area contributed by atoms with Gasteiger partial charge in [0.05, 0.1) is 47.4 Å². The average molecular weight is 1270 g/mol. The summed E-state index contributed by atoms with van der Waals surface area (Å²) in [5.74, 6) is 0.533. The van der Waals surface area contributed by atoms with Crippen LogP contribution in [0.15, 0.2) is 156 Å². The predicted molar refractivity (Wildman–Crippen MR) is 344 cm³/mol. The second-order valence-corrected chi connectivity index (χ2v) is 35.9. The van der Waals surface area contributed by atoms with Gasteiger partial charge in [-0.2, -0.15) is 0 Å². The van der Waals surface area contributed by atoms with E-state index in [-0.39, 0.29) is 37.4 Å². The van der Waals surface area contributed by atoms with E-state index in [0.29, 0.717) is 0 Å². The molecular weight excluding hydrogens is 1190 g/mol. The Morgan fingerprint density at radius 2 is 1.05 bits per heavy atom. The summed E-state index contributed by atoms with van der Waals surface area (Å²) in [6.45, 7) is 37.9. The number of aromatic nitrogens is 4. The number of imidazole rings is 2. The van der Waals surface area contributed by atoms with E-state index in [2.05, 4.69) is 218 Å². The normalized spacial score (nSPS) is 13.0. The zero-order valence-electron chi connectivity index (χ0n) is 52.1. The van der Waals surface area contributed by atoms with Crippen LogP contribution in [0.4, 0.5) is 0 Å². The Morgan fingerprint density at radius 1 is 0.537 bits per heavy atom. The zero-order chi connectivity index (χ0) is 58.3. The molecule has 0 bridgehead atoms. The molecule has 0 aliphatic rings. The Bertz CT molecular complexity index is 4070. The molecule has 0 atom stereocenters. The van der Waals surface area contributed by atoms with E-state index in [1.807, 2.05) is 70.2 Å². The van der Waals surface area contributed by atoms with E-state index in [1.165, 1.54) is 49.3 Å². The average Bonchev–Trinajstić information content (AvgIpc) is 4.30. The van der Waals surface area contributed by atoms with Gasteiger partial charge in [-0.3, -0.25) is 9.97 Å². The van der Waals surface area contributed by atoms with Crippen LogP contribution in [0.2, 0.25) is 39.3 Å². The van der Waals surface area contributed by atoms with E-state index >= 15 is 0 Å². The summed E-state index contributed by atoms with van der Waals surface area (Å²) in [5.41, 5.74) is 17.7. The second kappa shape index (κ2) is 22.5. The Hall–Kier alpha value is -6.42. The molecule has 413 valence electrons. The van der Waals surface area contributed by atoms with E-state index in [0.717, 1.165) is 78.2 Å². The number of hydrogen-bond acceptors (Lipinski definition) is 3. The number of fused-ring (bicyclic) bond motifs is 5. The SMILES string of the molecule is CC(C)c1cc(-c2ccc([Si](C)(C)C)cc2)cc(C(C)C)c1-n1c(-c2[c-]ccc3c2oc2cccc(C(C)(C)C)c23)nc2ccccc21.[2H]C(C)(C)c1cccc(C([2H])(C)C)c1-n1c(-c2[c-]cc([Si](C)(C)C)cc2)nc2ccccc21.[Ir]. The van der Waals surface area contributed by atoms with Crippen LogP contribution in [0.3, 0.4) is 0 Å². The minimum atomic E-state index is -1.44. The van der Waals surface area contributed by atoms with Crippen molar-refractivity contribution < 1.29 is 27.3 Å². The molecule has 3 aromatic heterocycles. The number of benzene rings is 8. The summed E-state index contributed by atoms with van der Waals surface area (Å²) >= 11 is 0. The Kier molecular flexibility index (Phi) is 15.6. The summed E-state index contributed by atoms with van der Waals surface area (Å²) in [6.07, 6.45) is 0. The minimum absolute atomic E-state index is 0. The molecule has 3 heterocycles. The number of hydrogen-bond donors (Lipinski definition) is 0. The molecule has 11 aromatic rings. The number of nitrogens with zero attached hydrogens (tertiary/aromatic N) is 4. The van der Waals surface area contributed by atoms with Gasteiger partial charge >= 0.3 is 0 Å². The maximum atomic E-state index is 8.90. The smallest absolute Gasteiger partial charge is 0.121 e. The third-order valence-electron chi connectivity index (χ3n) is 15.6. The van der Waals surface area contributed by atoms with Crippen molar-refractivity contribution in [3.63, 3.8) is 0 Å². The molecule has 0 aliphatic carbocycles. The first-order valence-corrected chi connectivity index (χ1v) is 35.3. The molecule has 0 saturated heterocycles. The van der Waals surface area contributed by atoms with Crippen molar-refractivity contribution in [2.75, 3.05) is 0 Å². The molecule has 8 aromatic carbocycles. The fourth-order valence-corrected chi connectivity index (χ4v) is 13.5. The molecule has 8 heteroatoms. The van der Waals surface area contributed by atoms with E-state index < -0.39 is 27.9 Å². The van der Waals surface area contributed by atoms with Crippen LogP contribution >= 0.6 is 0 Å². The quantitative estimate of drug-likeness (QED) is 0.0958. The van der Waals surface area contributed by atoms with Crippen LogP contribution in [0, 0.1) is 12.1 Å². The first kappa shape index (κ1) is 55.5. The first-order valence-electron chi connectivity index (χ1n) is 29.3. The molecule has 1 radical (unpaired) electrons. The largest absolute Gasteiger partial charge is 0.501 e. The Balaban J connectivity index is 0.000000209. The van der Waals surface area contributed by atoms with Crippen molar-refractivity contribution in [3.8, 4) is 45.3 Å². The van der Waals surface area contributed by atoms with Crippen molar-refractivity contribution >= 4 is 70.5 Å². The zero-order valence-corrected chi connectivity index (χ0v) is 54.5. The Morgan fingerprint density at radius 3 is 1.56 bits per heavy atom. The van der Waals surface area contributed by atoms with Crippen LogP contribution in [0.25, 0.3) is 89.3 Å². The Labute approximate surface area is 495 Å². The summed E-state index contributed by atoms with van der Waals surface area (Å²) < 4.78 is 29.1. The van der Waals surface area contributed by atoms with E-state index in [4.69, 9.17) is 17.1 Å². The molecule has 80 heavy (non-hydrogen) atoms. The second-order valence-electron chi connectivity index (χ2n) is 25.7. The standard InChI is InChI=1S/C44H47N2OSi.C28H33N2Si.Ir/c1-27(2)34-25-30(29-21-23-31(24-22-29)48(8,9)10)26-35(28(3)4)41(34)46-38-19-12-11-18-37(38)45-43(46)33-16-13-15-32-40-36(44(5,6)7)17-14-20-39(40)47-42(32)33;1-19(2)23-11-10-12-24(20(3)4)27(23)30-26-14-9-8-13-25(26)29-28(30)21-15-17-22(18-16-21)31(5,6)7;/h11-15,17-28H,1-10H3;8-15,17-20H,1-7H3;/q2*-1;/i;19D,20D;. The van der Waals surface area contributed by atoms with Crippen molar-refractivity contribution in [1.29, 1.82) is 0 Å². The van der Waals surface area contributed by atoms with Gasteiger partial charge in [-0.15, -0.1) is 53.2 Å². The van der Waals surface area contributed by atoms with Gasteiger partial charge in [0.25, 0.3) is 0 Å². The number of furan rings is 1. The van der Waals surface area contributed by atoms with Crippen LogP contribution in [-0.4, -0.2) is 35.2 Å². The van der Waals surface area contributed by atoms with Crippen molar-refractivity contribution in [2.24, 2.45) is 0 Å². The summed E-state index contributed by atoms with van der Waals surface area (Å²) in [4.78, 5) is 10.4. The van der Waals surface area contributed by atoms with Crippen molar-refractivity contribution in [1.82, 2.24) is 19.1 Å². The topological polar surface area (TPSA) is 48.8 Å². The summed E-state index contributed by atoms with van der Waals surface area (Å²) in [6, 6.07) is 60.9. The predicted octanol–water partition coefficient (Wildman–Crippen LogP) is 19.4. The van der Waals surface area contributed by atoms with Crippen molar-refractivity contribution in [3.05, 3.63) is 192 Å². The van der Waals surface area contributed by atoms with Gasteiger partial charge in [0, 0.05) is 47.7 Å². The molecule has 0 N–H and O–H groups in total. The van der Waals surface area contributed by atoms with Crippen molar-refractivity contribution in [2.45, 2.75) is 144 Å². The van der Waals surface area contributed by atoms with Crippen LogP contribution in [0.1, 0.15) is 130 Å². The van der Waals surface area contributed by atoms with Gasteiger partial charge in [0.2, 0.25) is 0 Å². The molecule has 0 fully saturated rings. The maximum absolute atomic E-state index is 8.90. The molecular formula is C72H80IrN4OSi2-2. The first-order chi connectivity index (χ1) is 38.0. The molecule has 0 saturated carbocycles. The molecule has 0 aliphatic heterocycles. The van der Waals surface area contributed by atoms with Gasteiger partial charge in [-0.1, -0.05) is 210 Å². The molecule has 5 nitrogen and oxygen atoms in total. The maximum Gasteiger partial charge on any atom is 0.121 e. The van der Waals surface area contributed by atoms with Gasteiger partial charge < -0.3 is 13.6 Å². The summed E-state index contributed by atoms with van der Waals surface area (Å²) in [5, 5.41) is 5.12. The van der Waals surface area contributed by atoms with E-state index in [9.17, 15) is 0 Å². The minimum Gasteiger partial charge on any atom is -0.501 e. The fourth-order valence-electron chi connectivity index (χ4n) is 11.2. The third-order valence-corrected chi connectivity index (χ3v) is 19.7. The molecule has 0 spiro atoms. The third kappa shape index (κ3) is 11.1. The molecule has 11 rings (SSSR count). The summed E-state index contributed by atoms with van der Waals surface area (Å²) in [7, 11) is -2.83. The monoisotopic (exact) mass is 1270 g/mol. The number of para-hydroxylation sites is 5. The van der Waals surface area contributed by atoms with Crippen LogP contribution in [-0.2, 0) is 25.5 Å².